The Balaban J connectivity index is 2.47. The van der Waals surface area contributed by atoms with Gasteiger partial charge in [-0.3, -0.25) is 0 Å². The van der Waals surface area contributed by atoms with Crippen molar-refractivity contribution in [2.75, 3.05) is 5.73 Å². The number of benzene rings is 1. The molecule has 0 fully saturated rings. The summed E-state index contributed by atoms with van der Waals surface area (Å²) in [6.45, 7) is 5.81. The fourth-order valence-electron chi connectivity index (χ4n) is 2.63. The maximum absolute atomic E-state index is 10.0. The van der Waals surface area contributed by atoms with E-state index >= 15 is 0 Å². The number of nitrogens with two attached hydrogens (primary N) is 1. The van der Waals surface area contributed by atoms with E-state index in [-0.39, 0.29) is 5.75 Å². The van der Waals surface area contributed by atoms with Gasteiger partial charge in [-0.25, -0.2) is 15.0 Å². The second kappa shape index (κ2) is 4.70. The van der Waals surface area contributed by atoms with E-state index < -0.39 is 0 Å². The smallest absolute Gasteiger partial charge is 0.153 e. The van der Waals surface area contributed by atoms with Gasteiger partial charge in [-0.05, 0) is 49.6 Å². The summed E-state index contributed by atoms with van der Waals surface area (Å²) in [6.07, 6.45) is 1.44. The van der Waals surface area contributed by atoms with Crippen LogP contribution in [0.15, 0.2) is 24.5 Å². The third-order valence-corrected chi connectivity index (χ3v) is 3.66. The number of aromatic hydroxyl groups is 1. The lowest BCUT2D eigenvalue weighted by Gasteiger charge is -2.14. The SMILES string of the molecule is Cc1cc(-c2c(C)ccc(O)c2C)c2ncnc(N)c2n1. The van der Waals surface area contributed by atoms with Crippen LogP contribution >= 0.6 is 0 Å². The standard InChI is InChI=1S/C16H16N4O/c1-8-4-5-12(21)10(3)13(8)11-6-9(2)20-15-14(11)18-7-19-16(15)17/h4-7,21H,1-3H3,(H2,17,18,19). The number of nitrogen functional groups attached to an aromatic ring is 1. The molecule has 106 valence electrons. The van der Waals surface area contributed by atoms with Crippen molar-refractivity contribution in [1.82, 2.24) is 15.0 Å². The number of phenols is 1. The first-order valence-corrected chi connectivity index (χ1v) is 6.66. The average molecular weight is 280 g/mol. The summed E-state index contributed by atoms with van der Waals surface area (Å²) < 4.78 is 0. The number of fused-ring (bicyclic) bond motifs is 1. The van der Waals surface area contributed by atoms with Crippen LogP contribution in [0.3, 0.4) is 0 Å². The molecule has 0 saturated carbocycles. The molecule has 5 nitrogen and oxygen atoms in total. The van der Waals surface area contributed by atoms with Crippen LogP contribution in [0.5, 0.6) is 5.75 Å². The summed E-state index contributed by atoms with van der Waals surface area (Å²) in [4.78, 5) is 12.8. The van der Waals surface area contributed by atoms with Gasteiger partial charge in [-0.15, -0.1) is 0 Å². The summed E-state index contributed by atoms with van der Waals surface area (Å²) in [7, 11) is 0. The summed E-state index contributed by atoms with van der Waals surface area (Å²) in [6, 6.07) is 5.56. The minimum Gasteiger partial charge on any atom is -0.508 e. The predicted octanol–water partition coefficient (Wildman–Crippen LogP) is 2.90. The lowest BCUT2D eigenvalue weighted by molar-refractivity contribution is 0.471. The molecular formula is C16H16N4O. The van der Waals surface area contributed by atoms with Crippen molar-refractivity contribution in [1.29, 1.82) is 0 Å². The van der Waals surface area contributed by atoms with Gasteiger partial charge < -0.3 is 10.8 Å². The summed E-state index contributed by atoms with van der Waals surface area (Å²) >= 11 is 0. The Morgan fingerprint density at radius 3 is 2.57 bits per heavy atom. The van der Waals surface area contributed by atoms with Crippen LogP contribution in [0.2, 0.25) is 0 Å². The van der Waals surface area contributed by atoms with E-state index in [0.29, 0.717) is 16.9 Å². The fraction of sp³-hybridized carbons (Fsp3) is 0.188. The van der Waals surface area contributed by atoms with Crippen molar-refractivity contribution in [3.05, 3.63) is 41.3 Å². The molecule has 1 aromatic carbocycles. The molecule has 0 saturated heterocycles. The van der Waals surface area contributed by atoms with E-state index in [1.807, 2.05) is 32.9 Å². The second-order valence-electron chi connectivity index (χ2n) is 5.17. The Morgan fingerprint density at radius 2 is 1.81 bits per heavy atom. The van der Waals surface area contributed by atoms with Crippen LogP contribution in [0, 0.1) is 20.8 Å². The van der Waals surface area contributed by atoms with Gasteiger partial charge in [0, 0.05) is 11.3 Å². The monoisotopic (exact) mass is 280 g/mol. The van der Waals surface area contributed by atoms with Gasteiger partial charge >= 0.3 is 0 Å². The second-order valence-corrected chi connectivity index (χ2v) is 5.17. The molecule has 0 aliphatic rings. The number of phenolic OH excluding ortho intramolecular Hbond substituents is 1. The zero-order valence-electron chi connectivity index (χ0n) is 12.2. The van der Waals surface area contributed by atoms with Gasteiger partial charge in [-0.2, -0.15) is 0 Å². The van der Waals surface area contributed by atoms with E-state index in [4.69, 9.17) is 5.73 Å². The van der Waals surface area contributed by atoms with Crippen molar-refractivity contribution in [3.8, 4) is 16.9 Å². The van der Waals surface area contributed by atoms with Crippen molar-refractivity contribution in [3.63, 3.8) is 0 Å². The molecular weight excluding hydrogens is 264 g/mol. The fourth-order valence-corrected chi connectivity index (χ4v) is 2.63. The van der Waals surface area contributed by atoms with Gasteiger partial charge in [0.2, 0.25) is 0 Å². The lowest BCUT2D eigenvalue weighted by Crippen LogP contribution is -2.00. The first-order chi connectivity index (χ1) is 9.99. The Kier molecular flexibility index (Phi) is 2.97. The lowest BCUT2D eigenvalue weighted by atomic mass is 9.94. The molecule has 2 heterocycles. The molecule has 3 rings (SSSR count). The third kappa shape index (κ3) is 2.07. The van der Waals surface area contributed by atoms with Crippen molar-refractivity contribution in [2.45, 2.75) is 20.8 Å². The van der Waals surface area contributed by atoms with E-state index in [1.165, 1.54) is 6.33 Å². The van der Waals surface area contributed by atoms with Gasteiger partial charge in [0.15, 0.2) is 5.82 Å². The average Bonchev–Trinajstić information content (AvgIpc) is 2.44. The molecule has 0 bridgehead atoms. The highest BCUT2D eigenvalue weighted by molar-refractivity contribution is 5.97. The first-order valence-electron chi connectivity index (χ1n) is 6.66. The van der Waals surface area contributed by atoms with Crippen LogP contribution in [0.1, 0.15) is 16.8 Å². The van der Waals surface area contributed by atoms with E-state index in [9.17, 15) is 5.11 Å². The number of pyridine rings is 1. The highest BCUT2D eigenvalue weighted by Crippen LogP contribution is 2.36. The minimum atomic E-state index is 0.264. The Hall–Kier alpha value is -2.69. The van der Waals surface area contributed by atoms with Gasteiger partial charge in [0.25, 0.3) is 0 Å². The Bertz CT molecular complexity index is 859. The number of rotatable bonds is 1. The Labute approximate surface area is 122 Å². The van der Waals surface area contributed by atoms with Crippen molar-refractivity contribution >= 4 is 16.9 Å². The predicted molar refractivity (Wildman–Crippen MR) is 83.1 cm³/mol. The van der Waals surface area contributed by atoms with Gasteiger partial charge in [0.1, 0.15) is 23.1 Å². The molecule has 0 atom stereocenters. The zero-order valence-corrected chi connectivity index (χ0v) is 12.2. The maximum atomic E-state index is 10.0. The largest absolute Gasteiger partial charge is 0.508 e. The van der Waals surface area contributed by atoms with Crippen LogP contribution in [0.25, 0.3) is 22.2 Å². The number of aromatic nitrogens is 3. The molecule has 21 heavy (non-hydrogen) atoms. The normalized spacial score (nSPS) is 11.0. The van der Waals surface area contributed by atoms with E-state index in [0.717, 1.165) is 27.9 Å². The van der Waals surface area contributed by atoms with Gasteiger partial charge in [-0.1, -0.05) is 6.07 Å². The van der Waals surface area contributed by atoms with Crippen LogP contribution in [-0.4, -0.2) is 20.1 Å². The first kappa shape index (κ1) is 13.3. The highest BCUT2D eigenvalue weighted by Gasteiger charge is 2.15. The summed E-state index contributed by atoms with van der Waals surface area (Å²) in [5.41, 5.74) is 11.8. The van der Waals surface area contributed by atoms with Crippen molar-refractivity contribution < 1.29 is 5.11 Å². The zero-order chi connectivity index (χ0) is 15.1. The maximum Gasteiger partial charge on any atom is 0.153 e. The van der Waals surface area contributed by atoms with E-state index in [2.05, 4.69) is 15.0 Å². The topological polar surface area (TPSA) is 84.9 Å². The quantitative estimate of drug-likeness (QED) is 0.716. The molecule has 3 N–H and O–H groups in total. The van der Waals surface area contributed by atoms with Crippen LogP contribution in [0.4, 0.5) is 5.82 Å². The third-order valence-electron chi connectivity index (χ3n) is 3.66. The molecule has 0 spiro atoms. The number of anilines is 1. The summed E-state index contributed by atoms with van der Waals surface area (Å²) in [5.74, 6) is 0.626. The number of hydrogen-bond donors (Lipinski definition) is 2. The number of nitrogens with zero attached hydrogens (tertiary/aromatic N) is 3. The van der Waals surface area contributed by atoms with Crippen LogP contribution in [-0.2, 0) is 0 Å². The Morgan fingerprint density at radius 1 is 1.05 bits per heavy atom. The van der Waals surface area contributed by atoms with Gasteiger partial charge in [0.05, 0.1) is 0 Å². The summed E-state index contributed by atoms with van der Waals surface area (Å²) in [5, 5.41) is 10.0. The van der Waals surface area contributed by atoms with Crippen LogP contribution < -0.4 is 5.73 Å². The number of aryl methyl sites for hydroxylation is 2. The minimum absolute atomic E-state index is 0.264. The molecule has 5 heteroatoms. The van der Waals surface area contributed by atoms with E-state index in [1.54, 1.807) is 6.07 Å². The molecule has 0 aliphatic carbocycles. The molecule has 0 amide bonds. The van der Waals surface area contributed by atoms with Crippen molar-refractivity contribution in [2.24, 2.45) is 0 Å². The highest BCUT2D eigenvalue weighted by atomic mass is 16.3. The molecule has 0 radical (unpaired) electrons. The molecule has 0 unspecified atom stereocenters. The molecule has 0 aliphatic heterocycles. The molecule has 3 aromatic rings. The molecule has 2 aromatic heterocycles. The number of hydrogen-bond acceptors (Lipinski definition) is 5.